The summed E-state index contributed by atoms with van der Waals surface area (Å²) < 4.78 is 6.04. The predicted octanol–water partition coefficient (Wildman–Crippen LogP) is 1.65. The average Bonchev–Trinajstić information content (AvgIpc) is 3.15. The number of benzene rings is 1. The molecule has 7 nitrogen and oxygen atoms in total. The zero-order chi connectivity index (χ0) is 22.4. The minimum absolute atomic E-state index is 0.146. The number of carbonyl (C=O) groups is 1. The van der Waals surface area contributed by atoms with Gasteiger partial charge in [-0.05, 0) is 50.0 Å². The number of piperazine rings is 1. The molecule has 0 spiro atoms. The van der Waals surface area contributed by atoms with Crippen LogP contribution in [0.25, 0.3) is 0 Å². The summed E-state index contributed by atoms with van der Waals surface area (Å²) >= 11 is 0. The number of carbonyl (C=O) groups excluding carboxylic acids is 1. The number of hydrogen-bond donors (Lipinski definition) is 1. The minimum Gasteiger partial charge on any atom is -0.492 e. The number of rotatable bonds is 8. The fourth-order valence-electron chi connectivity index (χ4n) is 5.31. The van der Waals surface area contributed by atoms with Crippen LogP contribution < -0.4 is 4.74 Å². The number of hydrogen-bond acceptors (Lipinski definition) is 6. The Morgan fingerprint density at radius 1 is 1.00 bits per heavy atom. The molecule has 0 saturated carbocycles. The lowest BCUT2D eigenvalue weighted by Crippen LogP contribution is -2.53. The smallest absolute Gasteiger partial charge is 0.219 e. The number of nitrogens with zero attached hydrogens (tertiary/aromatic N) is 4. The van der Waals surface area contributed by atoms with Gasteiger partial charge in [-0.2, -0.15) is 0 Å². The van der Waals surface area contributed by atoms with E-state index in [9.17, 15) is 9.90 Å². The van der Waals surface area contributed by atoms with Crippen molar-refractivity contribution in [2.75, 3.05) is 72.1 Å². The topological polar surface area (TPSA) is 59.5 Å². The van der Waals surface area contributed by atoms with E-state index < -0.39 is 5.60 Å². The zero-order valence-corrected chi connectivity index (χ0v) is 19.7. The van der Waals surface area contributed by atoms with E-state index in [4.69, 9.17) is 4.74 Å². The van der Waals surface area contributed by atoms with Crippen LogP contribution in [0, 0.1) is 0 Å². The number of aliphatic hydroxyl groups is 1. The maximum atomic E-state index is 11.5. The summed E-state index contributed by atoms with van der Waals surface area (Å²) in [5.74, 6) is 1.09. The normalized spacial score (nSPS) is 25.9. The molecule has 1 amide bonds. The van der Waals surface area contributed by atoms with Gasteiger partial charge in [0.15, 0.2) is 0 Å². The van der Waals surface area contributed by atoms with Crippen molar-refractivity contribution in [3.63, 3.8) is 0 Å². The van der Waals surface area contributed by atoms with Gasteiger partial charge in [0.05, 0.1) is 5.60 Å². The summed E-state index contributed by atoms with van der Waals surface area (Å²) in [5, 5.41) is 11.2. The standard InChI is InChI=1S/C25H40N4O3/c1-22(30)29-14-12-27(13-15-29)20-25(31)8-11-28(21-25)19-23-6-5-7-24(18-23)32-17-16-26-9-3-2-4-10-26/h5-7,18,31H,2-4,8-17,19-21H2,1H3. The molecule has 0 bridgehead atoms. The summed E-state index contributed by atoms with van der Waals surface area (Å²) in [5.41, 5.74) is 0.570. The van der Waals surface area contributed by atoms with Crippen LogP contribution >= 0.6 is 0 Å². The van der Waals surface area contributed by atoms with Gasteiger partial charge in [-0.15, -0.1) is 0 Å². The van der Waals surface area contributed by atoms with Crippen LogP contribution in [0.1, 0.15) is 38.2 Å². The van der Waals surface area contributed by atoms with E-state index in [2.05, 4.69) is 32.9 Å². The van der Waals surface area contributed by atoms with Crippen LogP contribution in [0.2, 0.25) is 0 Å². The average molecular weight is 445 g/mol. The molecule has 3 aliphatic heterocycles. The van der Waals surface area contributed by atoms with Crippen LogP contribution in [-0.4, -0.2) is 108 Å². The molecule has 0 radical (unpaired) electrons. The Bertz CT molecular complexity index is 746. The van der Waals surface area contributed by atoms with Crippen LogP contribution in [0.4, 0.5) is 0 Å². The van der Waals surface area contributed by atoms with Crippen molar-refractivity contribution in [2.24, 2.45) is 0 Å². The summed E-state index contributed by atoms with van der Waals surface area (Å²) in [6.45, 7) is 12.1. The third-order valence-corrected chi connectivity index (χ3v) is 7.18. The van der Waals surface area contributed by atoms with Gasteiger partial charge >= 0.3 is 0 Å². The fraction of sp³-hybridized carbons (Fsp3) is 0.720. The molecule has 7 heteroatoms. The number of ether oxygens (including phenoxy) is 1. The molecule has 178 valence electrons. The monoisotopic (exact) mass is 444 g/mol. The first-order chi connectivity index (χ1) is 15.5. The lowest BCUT2D eigenvalue weighted by molar-refractivity contribution is -0.130. The van der Waals surface area contributed by atoms with Gasteiger partial charge in [-0.1, -0.05) is 18.6 Å². The van der Waals surface area contributed by atoms with E-state index in [1.165, 1.54) is 37.9 Å². The second-order valence-corrected chi connectivity index (χ2v) is 9.87. The Balaban J connectivity index is 1.21. The number of β-amino-alcohol motifs (C(OH)–C–C–N with tert-alkyl or cyclic N) is 1. The van der Waals surface area contributed by atoms with Gasteiger partial charge < -0.3 is 14.7 Å². The summed E-state index contributed by atoms with van der Waals surface area (Å²) in [6.07, 6.45) is 4.78. The highest BCUT2D eigenvalue weighted by atomic mass is 16.5. The van der Waals surface area contributed by atoms with Crippen LogP contribution in [0.5, 0.6) is 5.75 Å². The molecule has 3 fully saturated rings. The maximum Gasteiger partial charge on any atom is 0.219 e. The first-order valence-corrected chi connectivity index (χ1v) is 12.4. The van der Waals surface area contributed by atoms with Gasteiger partial charge in [-0.3, -0.25) is 19.5 Å². The largest absolute Gasteiger partial charge is 0.492 e. The molecule has 1 aromatic carbocycles. The number of likely N-dealkylation sites (tertiary alicyclic amines) is 2. The van der Waals surface area contributed by atoms with E-state index in [0.29, 0.717) is 13.1 Å². The Morgan fingerprint density at radius 3 is 2.53 bits per heavy atom. The molecule has 3 saturated heterocycles. The molecule has 4 rings (SSSR count). The molecule has 3 heterocycles. The Hall–Kier alpha value is -1.67. The van der Waals surface area contributed by atoms with Crippen molar-refractivity contribution in [1.82, 2.24) is 19.6 Å². The van der Waals surface area contributed by atoms with Crippen molar-refractivity contribution >= 4 is 5.91 Å². The second kappa shape index (κ2) is 11.0. The number of piperidine rings is 1. The second-order valence-electron chi connectivity index (χ2n) is 9.87. The van der Waals surface area contributed by atoms with E-state index in [0.717, 1.165) is 64.6 Å². The van der Waals surface area contributed by atoms with E-state index in [1.54, 1.807) is 6.92 Å². The zero-order valence-electron chi connectivity index (χ0n) is 19.7. The first kappa shape index (κ1) is 23.5. The molecule has 0 aliphatic carbocycles. The molecule has 1 unspecified atom stereocenters. The number of amides is 1. The maximum absolute atomic E-state index is 11.5. The molecule has 32 heavy (non-hydrogen) atoms. The molecule has 1 N–H and O–H groups in total. The van der Waals surface area contributed by atoms with Crippen molar-refractivity contribution in [3.05, 3.63) is 29.8 Å². The Kier molecular flexibility index (Phi) is 8.05. The third kappa shape index (κ3) is 6.67. The minimum atomic E-state index is -0.666. The first-order valence-electron chi connectivity index (χ1n) is 12.4. The van der Waals surface area contributed by atoms with Crippen LogP contribution in [0.3, 0.4) is 0 Å². The summed E-state index contributed by atoms with van der Waals surface area (Å²) in [6, 6.07) is 8.41. The highest BCUT2D eigenvalue weighted by Crippen LogP contribution is 2.25. The van der Waals surface area contributed by atoms with Crippen molar-refractivity contribution in [1.29, 1.82) is 0 Å². The highest BCUT2D eigenvalue weighted by molar-refractivity contribution is 5.73. The lowest BCUT2D eigenvalue weighted by Gasteiger charge is -2.38. The van der Waals surface area contributed by atoms with Gasteiger partial charge in [0.2, 0.25) is 5.91 Å². The SMILES string of the molecule is CC(=O)N1CCN(CC2(O)CCN(Cc3cccc(OCCN4CCCCC4)c3)C2)CC1. The van der Waals surface area contributed by atoms with Gasteiger partial charge in [0, 0.05) is 65.8 Å². The molecule has 1 aromatic rings. The van der Waals surface area contributed by atoms with E-state index in [1.807, 2.05) is 11.0 Å². The van der Waals surface area contributed by atoms with Crippen molar-refractivity contribution in [2.45, 2.75) is 44.8 Å². The molecular formula is C25H40N4O3. The van der Waals surface area contributed by atoms with E-state index >= 15 is 0 Å². The highest BCUT2D eigenvalue weighted by Gasteiger charge is 2.38. The quantitative estimate of drug-likeness (QED) is 0.658. The van der Waals surface area contributed by atoms with Gasteiger partial charge in [0.25, 0.3) is 0 Å². The summed E-state index contributed by atoms with van der Waals surface area (Å²) in [4.78, 5) is 20.6. The molecule has 1 atom stereocenters. The van der Waals surface area contributed by atoms with Gasteiger partial charge in [0.1, 0.15) is 12.4 Å². The van der Waals surface area contributed by atoms with Crippen LogP contribution in [0.15, 0.2) is 24.3 Å². The molecule has 3 aliphatic rings. The predicted molar refractivity (Wildman–Crippen MR) is 126 cm³/mol. The molecular weight excluding hydrogens is 404 g/mol. The third-order valence-electron chi connectivity index (χ3n) is 7.18. The Morgan fingerprint density at radius 2 is 1.78 bits per heavy atom. The fourth-order valence-corrected chi connectivity index (χ4v) is 5.31. The van der Waals surface area contributed by atoms with Crippen molar-refractivity contribution < 1.29 is 14.6 Å². The van der Waals surface area contributed by atoms with Gasteiger partial charge in [-0.25, -0.2) is 0 Å². The summed E-state index contributed by atoms with van der Waals surface area (Å²) in [7, 11) is 0. The van der Waals surface area contributed by atoms with Crippen molar-refractivity contribution in [3.8, 4) is 5.75 Å². The van der Waals surface area contributed by atoms with Crippen LogP contribution in [-0.2, 0) is 11.3 Å². The lowest BCUT2D eigenvalue weighted by atomic mass is 10.0. The Labute approximate surface area is 192 Å². The molecule has 0 aromatic heterocycles. The van der Waals surface area contributed by atoms with E-state index in [-0.39, 0.29) is 5.91 Å².